The van der Waals surface area contributed by atoms with Crippen molar-refractivity contribution in [1.29, 1.82) is 0 Å². The average molecular weight is 505 g/mol. The summed E-state index contributed by atoms with van der Waals surface area (Å²) in [7, 11) is 0. The van der Waals surface area contributed by atoms with E-state index in [9.17, 15) is 33.6 Å². The Morgan fingerprint density at radius 1 is 0.917 bits per heavy atom. The van der Waals surface area contributed by atoms with E-state index >= 15 is 0 Å². The van der Waals surface area contributed by atoms with Gasteiger partial charge in [-0.25, -0.2) is 0 Å². The summed E-state index contributed by atoms with van der Waals surface area (Å²) < 4.78 is 44.7. The van der Waals surface area contributed by atoms with E-state index in [-0.39, 0.29) is 27.7 Å². The molecule has 36 heavy (non-hydrogen) atoms. The minimum absolute atomic E-state index is 0.0592. The molecule has 0 spiro atoms. The number of hydrogen-bond donors (Lipinski definition) is 4. The highest BCUT2D eigenvalue weighted by Gasteiger charge is 2.61. The normalized spacial score (nSPS) is 17.8. The Morgan fingerprint density at radius 2 is 1.56 bits per heavy atom. The van der Waals surface area contributed by atoms with Gasteiger partial charge >= 0.3 is 6.18 Å². The van der Waals surface area contributed by atoms with Crippen LogP contribution in [0.5, 0.6) is 0 Å². The van der Waals surface area contributed by atoms with Gasteiger partial charge in [-0.15, -0.1) is 0 Å². The molecule has 194 valence electrons. The Balaban J connectivity index is 1.99. The molecule has 4 rings (SSSR count). The second kappa shape index (κ2) is 8.99. The molecule has 0 fully saturated rings. The van der Waals surface area contributed by atoms with Crippen LogP contribution in [0.15, 0.2) is 48.8 Å². The van der Waals surface area contributed by atoms with E-state index in [4.69, 9.17) is 0 Å². The summed E-state index contributed by atoms with van der Waals surface area (Å²) in [6.07, 6.45) is -0.843. The molecular weight excluding hydrogens is 473 g/mol. The molecule has 0 radical (unpaired) electrons. The van der Waals surface area contributed by atoms with E-state index in [2.05, 4.69) is 5.10 Å². The number of alkyl halides is 3. The summed E-state index contributed by atoms with van der Waals surface area (Å²) in [5.74, 6) is 0. The Labute approximate surface area is 207 Å². The Kier molecular flexibility index (Phi) is 6.58. The smallest absolute Gasteiger partial charge is 0.394 e. The molecule has 0 saturated heterocycles. The van der Waals surface area contributed by atoms with Crippen molar-refractivity contribution in [1.82, 2.24) is 9.78 Å². The fourth-order valence-corrected chi connectivity index (χ4v) is 4.72. The van der Waals surface area contributed by atoms with Gasteiger partial charge in [0.05, 0.1) is 26.0 Å². The van der Waals surface area contributed by atoms with E-state index in [1.165, 1.54) is 35.3 Å². The van der Waals surface area contributed by atoms with Crippen molar-refractivity contribution in [3.05, 3.63) is 65.5 Å². The van der Waals surface area contributed by atoms with Gasteiger partial charge in [0.1, 0.15) is 5.54 Å². The number of aliphatic hydroxyl groups excluding tert-OH is 3. The molecule has 0 saturated carbocycles. The number of benzene rings is 2. The summed E-state index contributed by atoms with van der Waals surface area (Å²) in [6, 6.07) is 9.20. The maximum atomic E-state index is 14.5. The molecule has 0 aliphatic heterocycles. The molecular formula is C27H31F3N2O4. The first-order valence-corrected chi connectivity index (χ1v) is 11.8. The van der Waals surface area contributed by atoms with Crippen molar-refractivity contribution in [2.24, 2.45) is 5.41 Å². The molecule has 6 nitrogen and oxygen atoms in total. The quantitative estimate of drug-likeness (QED) is 0.390. The fraction of sp³-hybridized carbons (Fsp3) is 0.444. The van der Waals surface area contributed by atoms with Gasteiger partial charge in [-0.3, -0.25) is 4.68 Å². The third-order valence-corrected chi connectivity index (χ3v) is 7.01. The van der Waals surface area contributed by atoms with Gasteiger partial charge in [-0.05, 0) is 40.5 Å². The maximum absolute atomic E-state index is 14.5. The summed E-state index contributed by atoms with van der Waals surface area (Å²) in [5.41, 5.74) is -3.13. The van der Waals surface area contributed by atoms with Gasteiger partial charge in [-0.1, -0.05) is 57.2 Å². The standard InChI is InChI=1S/C27H31F3N2O4/c1-24(2,3)9-8-17-10-20(18-12-31-32(13-18)25(14-33,15-34)16-35)23-19-6-4-5-7-21(19)26(36,22(23)11-17)27(28,29)30/h4-7,10-13,33-36H,8-9,14-16H2,1-3H3. The molecule has 0 bridgehead atoms. The predicted molar refractivity (Wildman–Crippen MR) is 129 cm³/mol. The van der Waals surface area contributed by atoms with Crippen LogP contribution in [-0.2, 0) is 17.6 Å². The average Bonchev–Trinajstić information content (AvgIpc) is 3.42. The highest BCUT2D eigenvalue weighted by Crippen LogP contribution is 2.57. The number of nitrogens with zero attached hydrogens (tertiary/aromatic N) is 2. The number of halogens is 3. The summed E-state index contributed by atoms with van der Waals surface area (Å²) >= 11 is 0. The van der Waals surface area contributed by atoms with Gasteiger partial charge in [0.2, 0.25) is 5.60 Å². The van der Waals surface area contributed by atoms with Crippen LogP contribution in [0.25, 0.3) is 22.3 Å². The lowest BCUT2D eigenvalue weighted by Crippen LogP contribution is -2.45. The fourth-order valence-electron chi connectivity index (χ4n) is 4.72. The van der Waals surface area contributed by atoms with E-state index in [1.54, 1.807) is 12.1 Å². The summed E-state index contributed by atoms with van der Waals surface area (Å²) in [6.45, 7) is 4.35. The zero-order valence-corrected chi connectivity index (χ0v) is 20.5. The first kappa shape index (κ1) is 26.3. The van der Waals surface area contributed by atoms with Crippen molar-refractivity contribution in [3.63, 3.8) is 0 Å². The van der Waals surface area contributed by atoms with Crippen LogP contribution in [0.1, 0.15) is 43.9 Å². The Morgan fingerprint density at radius 3 is 2.14 bits per heavy atom. The third-order valence-electron chi connectivity index (χ3n) is 7.01. The summed E-state index contributed by atoms with van der Waals surface area (Å²) in [4.78, 5) is 0. The molecule has 0 amide bonds. The first-order chi connectivity index (χ1) is 16.8. The molecule has 4 N–H and O–H groups in total. The zero-order valence-electron chi connectivity index (χ0n) is 20.5. The molecule has 1 aliphatic carbocycles. The minimum Gasteiger partial charge on any atom is -0.394 e. The van der Waals surface area contributed by atoms with Crippen LogP contribution < -0.4 is 0 Å². The van der Waals surface area contributed by atoms with Crippen LogP contribution in [0.4, 0.5) is 13.2 Å². The van der Waals surface area contributed by atoms with Gasteiger partial charge < -0.3 is 20.4 Å². The molecule has 1 heterocycles. The van der Waals surface area contributed by atoms with Crippen molar-refractivity contribution < 1.29 is 33.6 Å². The van der Waals surface area contributed by atoms with Crippen LogP contribution in [-0.4, -0.2) is 56.2 Å². The lowest BCUT2D eigenvalue weighted by molar-refractivity contribution is -0.246. The van der Waals surface area contributed by atoms with E-state index < -0.39 is 37.1 Å². The highest BCUT2D eigenvalue weighted by atomic mass is 19.4. The van der Waals surface area contributed by atoms with Crippen LogP contribution in [0.2, 0.25) is 0 Å². The highest BCUT2D eigenvalue weighted by molar-refractivity contribution is 5.92. The van der Waals surface area contributed by atoms with Crippen molar-refractivity contribution in [3.8, 4) is 22.3 Å². The van der Waals surface area contributed by atoms with E-state index in [1.807, 2.05) is 26.8 Å². The molecule has 1 aromatic heterocycles. The first-order valence-electron chi connectivity index (χ1n) is 11.8. The molecule has 2 aromatic carbocycles. The SMILES string of the molecule is CC(C)(C)CCc1cc(-c2cnn(C(CO)(CO)CO)c2)c2c(c1)C(O)(C(F)(F)F)c1ccccc1-2. The molecule has 1 atom stereocenters. The van der Waals surface area contributed by atoms with Gasteiger partial charge in [-0.2, -0.15) is 18.3 Å². The van der Waals surface area contributed by atoms with Gasteiger partial charge in [0.15, 0.2) is 0 Å². The number of aryl methyl sites for hydroxylation is 1. The maximum Gasteiger partial charge on any atom is 0.425 e. The zero-order chi connectivity index (χ0) is 26.5. The topological polar surface area (TPSA) is 98.7 Å². The minimum atomic E-state index is -4.96. The molecule has 9 heteroatoms. The number of fused-ring (bicyclic) bond motifs is 3. The molecule has 1 aliphatic rings. The second-order valence-corrected chi connectivity index (χ2v) is 10.8. The van der Waals surface area contributed by atoms with Gasteiger partial charge in [0, 0.05) is 22.9 Å². The monoisotopic (exact) mass is 504 g/mol. The predicted octanol–water partition coefficient (Wildman–Crippen LogP) is 3.98. The summed E-state index contributed by atoms with van der Waals surface area (Å²) in [5, 5.41) is 44.9. The Hall–Kier alpha value is -2.72. The van der Waals surface area contributed by atoms with Crippen LogP contribution in [0, 0.1) is 5.41 Å². The number of aromatic nitrogens is 2. The van der Waals surface area contributed by atoms with E-state index in [0.717, 1.165) is 0 Å². The van der Waals surface area contributed by atoms with Crippen LogP contribution >= 0.6 is 0 Å². The number of aliphatic hydroxyl groups is 4. The number of hydrogen-bond acceptors (Lipinski definition) is 5. The Bertz CT molecular complexity index is 1250. The number of rotatable bonds is 7. The van der Waals surface area contributed by atoms with Crippen LogP contribution in [0.3, 0.4) is 0 Å². The van der Waals surface area contributed by atoms with E-state index in [0.29, 0.717) is 29.5 Å². The van der Waals surface area contributed by atoms with Crippen molar-refractivity contribution in [2.45, 2.75) is 50.9 Å². The third kappa shape index (κ3) is 4.14. The van der Waals surface area contributed by atoms with Crippen molar-refractivity contribution in [2.75, 3.05) is 19.8 Å². The molecule has 3 aromatic rings. The largest absolute Gasteiger partial charge is 0.425 e. The molecule has 1 unspecified atom stereocenters. The lowest BCUT2D eigenvalue weighted by atomic mass is 9.84. The van der Waals surface area contributed by atoms with Gasteiger partial charge in [0.25, 0.3) is 0 Å². The van der Waals surface area contributed by atoms with Crippen molar-refractivity contribution >= 4 is 0 Å². The lowest BCUT2D eigenvalue weighted by Gasteiger charge is -2.29. The second-order valence-electron chi connectivity index (χ2n) is 10.8.